The van der Waals surface area contributed by atoms with Gasteiger partial charge in [-0.3, -0.25) is 14.6 Å². The van der Waals surface area contributed by atoms with Crippen LogP contribution in [0.3, 0.4) is 0 Å². The third-order valence-electron chi connectivity index (χ3n) is 4.99. The van der Waals surface area contributed by atoms with Crippen LogP contribution >= 0.6 is 0 Å². The third-order valence-corrected chi connectivity index (χ3v) is 4.99. The van der Waals surface area contributed by atoms with E-state index in [1.54, 1.807) is 18.6 Å². The second-order valence-corrected chi connectivity index (χ2v) is 6.78. The molecule has 0 spiro atoms. The molecule has 2 aromatic heterocycles. The largest absolute Gasteiger partial charge is 0.438 e. The predicted molar refractivity (Wildman–Crippen MR) is 98.9 cm³/mol. The Morgan fingerprint density at radius 1 is 1.19 bits per heavy atom. The summed E-state index contributed by atoms with van der Waals surface area (Å²) in [5.74, 6) is 1.27. The standard InChI is InChI=1S/C20H23N5O/c1-24(18-4-3-5-19-17(18)12-23-25(19)2)14-15-6-8-16(9-7-15)26-20-13-21-10-11-22-20/h6-13,18H,3-5,14H2,1-2H3/t18-/m1/s1. The van der Waals surface area contributed by atoms with E-state index in [2.05, 4.69) is 39.1 Å². The summed E-state index contributed by atoms with van der Waals surface area (Å²) in [5.41, 5.74) is 4.01. The zero-order valence-corrected chi connectivity index (χ0v) is 15.2. The van der Waals surface area contributed by atoms with Crippen LogP contribution in [0, 0.1) is 0 Å². The average molecular weight is 349 g/mol. The maximum absolute atomic E-state index is 5.71. The molecule has 3 aromatic rings. The fourth-order valence-electron chi connectivity index (χ4n) is 3.66. The third kappa shape index (κ3) is 3.46. The normalized spacial score (nSPS) is 16.5. The number of aromatic nitrogens is 4. The summed E-state index contributed by atoms with van der Waals surface area (Å²) in [6.07, 6.45) is 10.4. The van der Waals surface area contributed by atoms with Crippen LogP contribution < -0.4 is 4.74 Å². The first-order chi connectivity index (χ1) is 12.7. The van der Waals surface area contributed by atoms with Gasteiger partial charge in [-0.2, -0.15) is 5.10 Å². The average Bonchev–Trinajstić information content (AvgIpc) is 3.05. The highest BCUT2D eigenvalue weighted by Crippen LogP contribution is 2.34. The first kappa shape index (κ1) is 16.7. The van der Waals surface area contributed by atoms with E-state index in [0.717, 1.165) is 18.7 Å². The number of rotatable bonds is 5. The maximum Gasteiger partial charge on any atom is 0.237 e. The molecule has 0 fully saturated rings. The fraction of sp³-hybridized carbons (Fsp3) is 0.350. The molecule has 0 saturated carbocycles. The number of benzene rings is 1. The molecule has 6 heteroatoms. The van der Waals surface area contributed by atoms with Crippen molar-refractivity contribution in [2.75, 3.05) is 7.05 Å². The Morgan fingerprint density at radius 3 is 2.81 bits per heavy atom. The van der Waals surface area contributed by atoms with Crippen molar-refractivity contribution in [3.05, 3.63) is 65.9 Å². The lowest BCUT2D eigenvalue weighted by Crippen LogP contribution is -2.27. The molecular formula is C20H23N5O. The Bertz CT molecular complexity index is 860. The molecule has 0 amide bonds. The van der Waals surface area contributed by atoms with Gasteiger partial charge in [-0.15, -0.1) is 0 Å². The monoisotopic (exact) mass is 349 g/mol. The lowest BCUT2D eigenvalue weighted by molar-refractivity contribution is 0.212. The van der Waals surface area contributed by atoms with Crippen LogP contribution in [0.25, 0.3) is 0 Å². The van der Waals surface area contributed by atoms with Gasteiger partial charge < -0.3 is 4.74 Å². The molecule has 0 aliphatic heterocycles. The van der Waals surface area contributed by atoms with Gasteiger partial charge in [0, 0.05) is 43.3 Å². The van der Waals surface area contributed by atoms with Crippen molar-refractivity contribution in [3.8, 4) is 11.6 Å². The lowest BCUT2D eigenvalue weighted by Gasteiger charge is -2.31. The van der Waals surface area contributed by atoms with E-state index in [4.69, 9.17) is 4.74 Å². The van der Waals surface area contributed by atoms with Crippen molar-refractivity contribution in [2.45, 2.75) is 31.8 Å². The quantitative estimate of drug-likeness (QED) is 0.705. The van der Waals surface area contributed by atoms with Crippen molar-refractivity contribution in [3.63, 3.8) is 0 Å². The fourth-order valence-corrected chi connectivity index (χ4v) is 3.66. The van der Waals surface area contributed by atoms with Gasteiger partial charge in [-0.1, -0.05) is 12.1 Å². The summed E-state index contributed by atoms with van der Waals surface area (Å²) in [6.45, 7) is 0.893. The number of aryl methyl sites for hydroxylation is 1. The molecule has 1 atom stereocenters. The number of hydrogen-bond acceptors (Lipinski definition) is 5. The van der Waals surface area contributed by atoms with Crippen molar-refractivity contribution in [2.24, 2.45) is 7.05 Å². The molecule has 0 unspecified atom stereocenters. The van der Waals surface area contributed by atoms with Crippen molar-refractivity contribution in [1.82, 2.24) is 24.6 Å². The van der Waals surface area contributed by atoms with Crippen LogP contribution in [-0.2, 0) is 20.0 Å². The molecule has 0 N–H and O–H groups in total. The topological polar surface area (TPSA) is 56.1 Å². The predicted octanol–water partition coefficient (Wildman–Crippen LogP) is 3.51. The van der Waals surface area contributed by atoms with Gasteiger partial charge in [0.2, 0.25) is 5.88 Å². The molecule has 4 rings (SSSR count). The SMILES string of the molecule is CN(Cc1ccc(Oc2cnccn2)cc1)[C@@H]1CCCc2c1cnn2C. The van der Waals surface area contributed by atoms with Crippen LogP contribution in [0.2, 0.25) is 0 Å². The smallest absolute Gasteiger partial charge is 0.237 e. The number of hydrogen-bond donors (Lipinski definition) is 0. The van der Waals surface area contributed by atoms with Gasteiger partial charge in [-0.25, -0.2) is 4.98 Å². The number of fused-ring (bicyclic) bond motifs is 1. The second kappa shape index (κ2) is 7.25. The highest BCUT2D eigenvalue weighted by atomic mass is 16.5. The number of ether oxygens (including phenoxy) is 1. The molecule has 0 radical (unpaired) electrons. The lowest BCUT2D eigenvalue weighted by atomic mass is 9.92. The molecular weight excluding hydrogens is 326 g/mol. The highest BCUT2D eigenvalue weighted by molar-refractivity contribution is 5.30. The van der Waals surface area contributed by atoms with E-state index in [1.807, 2.05) is 30.1 Å². The minimum absolute atomic E-state index is 0.433. The maximum atomic E-state index is 5.71. The van der Waals surface area contributed by atoms with Crippen molar-refractivity contribution >= 4 is 0 Å². The summed E-state index contributed by atoms with van der Waals surface area (Å²) in [5, 5.41) is 4.45. The molecule has 134 valence electrons. The van der Waals surface area contributed by atoms with E-state index in [9.17, 15) is 0 Å². The Balaban J connectivity index is 1.43. The van der Waals surface area contributed by atoms with Gasteiger partial charge in [-0.05, 0) is 44.0 Å². The first-order valence-corrected chi connectivity index (χ1v) is 8.94. The van der Waals surface area contributed by atoms with Gasteiger partial charge >= 0.3 is 0 Å². The zero-order valence-electron chi connectivity index (χ0n) is 15.2. The van der Waals surface area contributed by atoms with Crippen LogP contribution in [-0.4, -0.2) is 31.7 Å². The van der Waals surface area contributed by atoms with Gasteiger partial charge in [0.25, 0.3) is 0 Å². The Kier molecular flexibility index (Phi) is 4.67. The van der Waals surface area contributed by atoms with Crippen LogP contribution in [0.1, 0.15) is 35.7 Å². The van der Waals surface area contributed by atoms with E-state index in [0.29, 0.717) is 11.9 Å². The van der Waals surface area contributed by atoms with E-state index in [1.165, 1.54) is 29.7 Å². The van der Waals surface area contributed by atoms with Gasteiger partial charge in [0.1, 0.15) is 5.75 Å². The molecule has 26 heavy (non-hydrogen) atoms. The number of nitrogens with zero attached hydrogens (tertiary/aromatic N) is 5. The molecule has 2 heterocycles. The summed E-state index contributed by atoms with van der Waals surface area (Å²) in [7, 11) is 4.23. The molecule has 1 aromatic carbocycles. The summed E-state index contributed by atoms with van der Waals surface area (Å²) >= 11 is 0. The van der Waals surface area contributed by atoms with Crippen molar-refractivity contribution in [1.29, 1.82) is 0 Å². The molecule has 0 bridgehead atoms. The minimum atomic E-state index is 0.433. The Hall–Kier alpha value is -2.73. The first-order valence-electron chi connectivity index (χ1n) is 8.94. The van der Waals surface area contributed by atoms with Crippen molar-refractivity contribution < 1.29 is 4.74 Å². The van der Waals surface area contributed by atoms with Gasteiger partial charge in [0.05, 0.1) is 12.4 Å². The molecule has 0 saturated heterocycles. The Labute approximate surface area is 153 Å². The van der Waals surface area contributed by atoms with Crippen LogP contribution in [0.5, 0.6) is 11.6 Å². The van der Waals surface area contributed by atoms with E-state index in [-0.39, 0.29) is 0 Å². The highest BCUT2D eigenvalue weighted by Gasteiger charge is 2.26. The van der Waals surface area contributed by atoms with E-state index >= 15 is 0 Å². The molecule has 1 aliphatic rings. The summed E-state index contributed by atoms with van der Waals surface area (Å²) in [4.78, 5) is 10.6. The molecule has 1 aliphatic carbocycles. The van der Waals surface area contributed by atoms with Gasteiger partial charge in [0.15, 0.2) is 0 Å². The summed E-state index contributed by atoms with van der Waals surface area (Å²) in [6, 6.07) is 8.61. The van der Waals surface area contributed by atoms with Crippen LogP contribution in [0.15, 0.2) is 49.1 Å². The Morgan fingerprint density at radius 2 is 2.04 bits per heavy atom. The zero-order chi connectivity index (χ0) is 17.9. The second-order valence-electron chi connectivity index (χ2n) is 6.78. The minimum Gasteiger partial charge on any atom is -0.438 e. The summed E-state index contributed by atoms with van der Waals surface area (Å²) < 4.78 is 7.73. The molecule has 6 nitrogen and oxygen atoms in total. The van der Waals surface area contributed by atoms with Crippen LogP contribution in [0.4, 0.5) is 0 Å². The van der Waals surface area contributed by atoms with E-state index < -0.39 is 0 Å².